The minimum atomic E-state index is -3.92. The van der Waals surface area contributed by atoms with Gasteiger partial charge in [-0.05, 0) is 34.6 Å². The number of hydrogen-bond acceptors (Lipinski definition) is 5. The van der Waals surface area contributed by atoms with E-state index in [1.807, 2.05) is 20.8 Å². The molecule has 8 nitrogen and oxygen atoms in total. The van der Waals surface area contributed by atoms with Crippen LogP contribution in [0.5, 0.6) is 0 Å². The monoisotopic (exact) mass is 317 g/mol. The number of anilines is 1. The van der Waals surface area contributed by atoms with E-state index < -0.39 is 27.5 Å². The van der Waals surface area contributed by atoms with Crippen molar-refractivity contribution in [2.24, 2.45) is 7.05 Å². The molecule has 1 unspecified atom stereocenters. The zero-order valence-electron chi connectivity index (χ0n) is 13.2. The van der Waals surface area contributed by atoms with Crippen LogP contribution in [0.1, 0.15) is 33.4 Å². The van der Waals surface area contributed by atoms with Gasteiger partial charge in [0.25, 0.3) is 0 Å². The molecule has 1 amide bonds. The summed E-state index contributed by atoms with van der Waals surface area (Å²) in [7, 11) is -2.32. The molecule has 0 aliphatic carbocycles. The Hall–Kier alpha value is -1.61. The highest BCUT2D eigenvalue weighted by atomic mass is 32.2. The van der Waals surface area contributed by atoms with Gasteiger partial charge in [0.2, 0.25) is 15.9 Å². The van der Waals surface area contributed by atoms with E-state index in [1.165, 1.54) is 11.6 Å². The SMILES string of the molecule is Cc1c(S(=O)(=O)NC(C)C(=O)NC(C)(C)C)c(N)nn1C. The third kappa shape index (κ3) is 4.18. The van der Waals surface area contributed by atoms with E-state index in [1.54, 1.807) is 14.0 Å². The molecule has 0 fully saturated rings. The number of nitrogens with two attached hydrogens (primary N) is 1. The van der Waals surface area contributed by atoms with E-state index in [-0.39, 0.29) is 10.7 Å². The number of aromatic nitrogens is 2. The van der Waals surface area contributed by atoms with Crippen LogP contribution in [0.3, 0.4) is 0 Å². The first-order valence-electron chi connectivity index (χ1n) is 6.48. The molecule has 0 aliphatic rings. The van der Waals surface area contributed by atoms with Crippen LogP contribution in [0, 0.1) is 6.92 Å². The van der Waals surface area contributed by atoms with Crippen molar-refractivity contribution in [3.8, 4) is 0 Å². The van der Waals surface area contributed by atoms with Crippen molar-refractivity contribution in [3.63, 3.8) is 0 Å². The number of sulfonamides is 1. The third-order valence-electron chi connectivity index (χ3n) is 2.80. The van der Waals surface area contributed by atoms with Crippen LogP contribution in [0.2, 0.25) is 0 Å². The number of carbonyl (C=O) groups is 1. The lowest BCUT2D eigenvalue weighted by molar-refractivity contribution is -0.123. The second-order valence-corrected chi connectivity index (χ2v) is 7.66. The molecule has 1 atom stereocenters. The van der Waals surface area contributed by atoms with E-state index >= 15 is 0 Å². The average molecular weight is 317 g/mol. The summed E-state index contributed by atoms with van der Waals surface area (Å²) in [6, 6.07) is -0.923. The lowest BCUT2D eigenvalue weighted by Crippen LogP contribution is -2.50. The smallest absolute Gasteiger partial charge is 0.246 e. The van der Waals surface area contributed by atoms with Crippen LogP contribution in [-0.2, 0) is 21.9 Å². The van der Waals surface area contributed by atoms with Crippen molar-refractivity contribution in [3.05, 3.63) is 5.69 Å². The molecule has 1 aromatic heterocycles. The molecule has 120 valence electrons. The Kier molecular flexibility index (Phi) is 4.69. The van der Waals surface area contributed by atoms with Crippen LogP contribution in [0.4, 0.5) is 5.82 Å². The van der Waals surface area contributed by atoms with Crippen LogP contribution in [0.15, 0.2) is 4.90 Å². The highest BCUT2D eigenvalue weighted by Crippen LogP contribution is 2.21. The minimum absolute atomic E-state index is 0.0917. The van der Waals surface area contributed by atoms with Crippen molar-refractivity contribution in [2.75, 3.05) is 5.73 Å². The second kappa shape index (κ2) is 5.64. The quantitative estimate of drug-likeness (QED) is 0.716. The first kappa shape index (κ1) is 17.4. The van der Waals surface area contributed by atoms with Gasteiger partial charge in [-0.25, -0.2) is 8.42 Å². The molecule has 9 heteroatoms. The van der Waals surface area contributed by atoms with Gasteiger partial charge in [-0.2, -0.15) is 9.82 Å². The van der Waals surface area contributed by atoms with E-state index in [0.29, 0.717) is 5.69 Å². The second-order valence-electron chi connectivity index (χ2n) is 6.01. The first-order chi connectivity index (χ1) is 9.35. The largest absolute Gasteiger partial charge is 0.381 e. The summed E-state index contributed by atoms with van der Waals surface area (Å²) in [5.41, 5.74) is 5.59. The predicted octanol–water partition coefficient (Wildman–Crippen LogP) is -0.108. The van der Waals surface area contributed by atoms with Gasteiger partial charge in [0.05, 0.1) is 11.7 Å². The zero-order valence-corrected chi connectivity index (χ0v) is 14.0. The van der Waals surface area contributed by atoms with Crippen molar-refractivity contribution >= 4 is 21.7 Å². The lowest BCUT2D eigenvalue weighted by atomic mass is 10.1. The highest BCUT2D eigenvalue weighted by molar-refractivity contribution is 7.89. The summed E-state index contributed by atoms with van der Waals surface area (Å²) in [5, 5.41) is 6.57. The molecule has 21 heavy (non-hydrogen) atoms. The number of amides is 1. The molecule has 1 heterocycles. The summed E-state index contributed by atoms with van der Waals surface area (Å²) in [6.45, 7) is 8.51. The minimum Gasteiger partial charge on any atom is -0.381 e. The van der Waals surface area contributed by atoms with Crippen molar-refractivity contribution in [2.45, 2.75) is 51.1 Å². The molecule has 0 saturated carbocycles. The molecule has 0 saturated heterocycles. The van der Waals surface area contributed by atoms with E-state index in [9.17, 15) is 13.2 Å². The van der Waals surface area contributed by atoms with E-state index in [0.717, 1.165) is 0 Å². The van der Waals surface area contributed by atoms with Gasteiger partial charge in [0.15, 0.2) is 5.82 Å². The fourth-order valence-corrected chi connectivity index (χ4v) is 3.30. The van der Waals surface area contributed by atoms with Crippen LogP contribution < -0.4 is 15.8 Å². The van der Waals surface area contributed by atoms with Crippen LogP contribution >= 0.6 is 0 Å². The maximum Gasteiger partial charge on any atom is 0.246 e. The average Bonchev–Trinajstić information content (AvgIpc) is 2.49. The lowest BCUT2D eigenvalue weighted by Gasteiger charge is -2.23. The van der Waals surface area contributed by atoms with Gasteiger partial charge >= 0.3 is 0 Å². The van der Waals surface area contributed by atoms with Crippen LogP contribution in [0.25, 0.3) is 0 Å². The third-order valence-corrected chi connectivity index (χ3v) is 4.50. The summed E-state index contributed by atoms with van der Waals surface area (Å²) in [5.74, 6) is -0.503. The molecule has 0 spiro atoms. The van der Waals surface area contributed by atoms with Crippen molar-refractivity contribution in [1.82, 2.24) is 19.8 Å². The maximum absolute atomic E-state index is 12.3. The Morgan fingerprint density at radius 3 is 2.29 bits per heavy atom. The highest BCUT2D eigenvalue weighted by Gasteiger charge is 2.29. The van der Waals surface area contributed by atoms with Gasteiger partial charge in [-0.3, -0.25) is 9.48 Å². The fourth-order valence-electron chi connectivity index (χ4n) is 1.77. The van der Waals surface area contributed by atoms with Crippen molar-refractivity contribution < 1.29 is 13.2 Å². The summed E-state index contributed by atoms with van der Waals surface area (Å²) >= 11 is 0. The van der Waals surface area contributed by atoms with Gasteiger partial charge in [-0.15, -0.1) is 0 Å². The van der Waals surface area contributed by atoms with Gasteiger partial charge in [0.1, 0.15) is 4.90 Å². The number of carbonyl (C=O) groups excluding carboxylic acids is 1. The Balaban J connectivity index is 2.98. The summed E-state index contributed by atoms with van der Waals surface area (Å²) in [6.07, 6.45) is 0. The van der Waals surface area contributed by atoms with Crippen molar-refractivity contribution in [1.29, 1.82) is 0 Å². The number of hydrogen-bond donors (Lipinski definition) is 3. The molecule has 0 aromatic carbocycles. The van der Waals surface area contributed by atoms with Gasteiger partial charge in [-0.1, -0.05) is 0 Å². The number of nitrogens with one attached hydrogen (secondary N) is 2. The molecule has 1 rings (SSSR count). The Bertz CT molecular complexity index is 643. The van der Waals surface area contributed by atoms with Gasteiger partial charge < -0.3 is 11.1 Å². The Morgan fingerprint density at radius 1 is 1.38 bits per heavy atom. The molecule has 0 aliphatic heterocycles. The number of aryl methyl sites for hydroxylation is 1. The topological polar surface area (TPSA) is 119 Å². The fraction of sp³-hybridized carbons (Fsp3) is 0.667. The van der Waals surface area contributed by atoms with Crippen LogP contribution in [-0.4, -0.2) is 35.7 Å². The molecule has 0 bridgehead atoms. The predicted molar refractivity (Wildman–Crippen MR) is 80.0 cm³/mol. The summed E-state index contributed by atoms with van der Waals surface area (Å²) in [4.78, 5) is 11.9. The molecular formula is C12H23N5O3S. The normalized spacial score (nSPS) is 14.0. The zero-order chi connectivity index (χ0) is 16.6. The molecule has 0 radical (unpaired) electrons. The Morgan fingerprint density at radius 2 is 1.90 bits per heavy atom. The number of nitrogens with zero attached hydrogens (tertiary/aromatic N) is 2. The molecule has 4 N–H and O–H groups in total. The number of nitrogen functional groups attached to an aromatic ring is 1. The molecule has 1 aromatic rings. The van der Waals surface area contributed by atoms with E-state index in [2.05, 4.69) is 15.1 Å². The summed E-state index contributed by atoms with van der Waals surface area (Å²) < 4.78 is 28.4. The van der Waals surface area contributed by atoms with E-state index in [4.69, 9.17) is 5.73 Å². The molecular weight excluding hydrogens is 294 g/mol. The standard InChI is InChI=1S/C12H23N5O3S/c1-7(11(18)14-12(3,4)5)16-21(19,20)9-8(2)17(6)15-10(9)13/h7,16H,1-6H3,(H2,13,15)(H,14,18). The maximum atomic E-state index is 12.3. The van der Waals surface area contributed by atoms with Gasteiger partial charge in [0, 0.05) is 12.6 Å². The Labute approximate surface area is 125 Å². The first-order valence-corrected chi connectivity index (χ1v) is 7.97. The number of rotatable bonds is 4.